The van der Waals surface area contributed by atoms with E-state index in [-0.39, 0.29) is 28.6 Å². The number of nitrogens with one attached hydrogen (secondary N) is 2. The Morgan fingerprint density at radius 2 is 1.16 bits per heavy atom. The van der Waals surface area contributed by atoms with E-state index in [0.717, 1.165) is 100 Å². The highest BCUT2D eigenvalue weighted by Gasteiger charge is 2.74. The van der Waals surface area contributed by atoms with E-state index < -0.39 is 33.2 Å². The third-order valence-corrected chi connectivity index (χ3v) is 20.0. The maximum Gasteiger partial charge on any atom is 0.206 e. The number of nitrogens with zero attached hydrogens (tertiary/aromatic N) is 1. The van der Waals surface area contributed by atoms with Gasteiger partial charge >= 0.3 is 0 Å². The molecule has 58 heavy (non-hydrogen) atoms. The zero-order valence-corrected chi connectivity index (χ0v) is 35.2. The SMILES string of the molecule is C[C@]12CC/C(=N\NC(=N)N)C[C@H]1CC[C@@H]1[C@@H]2CC[C@]2(C)[C@@](O)(c3ccoc3)CC[C@]12O.C[C@]12CCC(=O)C[C@H]1CC[C@@H]1[C@@H]2CC[C@]2(C)[C@@](O)(c3ccoc3)CC[C@]12O. The van der Waals surface area contributed by atoms with Crippen LogP contribution in [-0.4, -0.2) is 49.1 Å². The normalized spacial score (nSPS) is 49.9. The number of carbonyl (C=O) groups is 1. The predicted octanol–water partition coefficient (Wildman–Crippen LogP) is 7.66. The molecule has 14 atom stereocenters. The molecule has 2 heterocycles. The first-order chi connectivity index (χ1) is 27.4. The van der Waals surface area contributed by atoms with Gasteiger partial charge < -0.3 is 35.0 Å². The molecule has 0 amide bonds. The summed E-state index contributed by atoms with van der Waals surface area (Å²) < 4.78 is 10.6. The summed E-state index contributed by atoms with van der Waals surface area (Å²) in [6, 6.07) is 3.71. The van der Waals surface area contributed by atoms with Crippen molar-refractivity contribution >= 4 is 17.5 Å². The molecule has 8 fully saturated rings. The van der Waals surface area contributed by atoms with E-state index >= 15 is 0 Å². The van der Waals surface area contributed by atoms with Crippen molar-refractivity contribution in [1.82, 2.24) is 5.43 Å². The lowest BCUT2D eigenvalue weighted by molar-refractivity contribution is -0.235. The van der Waals surface area contributed by atoms with Gasteiger partial charge in [-0.3, -0.25) is 10.2 Å². The Bertz CT molecular complexity index is 1930. The van der Waals surface area contributed by atoms with E-state index in [9.17, 15) is 25.2 Å². The van der Waals surface area contributed by atoms with Crippen LogP contribution < -0.4 is 11.2 Å². The quantitative estimate of drug-likeness (QED) is 0.0926. The predicted molar refractivity (Wildman–Crippen MR) is 219 cm³/mol. The van der Waals surface area contributed by atoms with Gasteiger partial charge in [0.2, 0.25) is 5.96 Å². The number of ketones is 1. The van der Waals surface area contributed by atoms with E-state index in [1.165, 1.54) is 0 Å². The molecule has 8 saturated carbocycles. The van der Waals surface area contributed by atoms with E-state index in [1.807, 2.05) is 12.1 Å². The number of carbonyl (C=O) groups excluding carboxylic acids is 1. The van der Waals surface area contributed by atoms with Crippen molar-refractivity contribution in [2.45, 2.75) is 166 Å². The van der Waals surface area contributed by atoms with Crippen LogP contribution in [0.3, 0.4) is 0 Å². The van der Waals surface area contributed by atoms with Gasteiger partial charge in [0.05, 0.1) is 36.3 Å². The summed E-state index contributed by atoms with van der Waals surface area (Å²) in [5.74, 6) is 2.65. The molecule has 2 aromatic heterocycles. The van der Waals surface area contributed by atoms with Crippen LogP contribution >= 0.6 is 0 Å². The van der Waals surface area contributed by atoms with Crippen LogP contribution in [0.1, 0.15) is 154 Å². The molecule has 0 spiro atoms. The summed E-state index contributed by atoms with van der Waals surface area (Å²) in [7, 11) is 0. The number of fused-ring (bicyclic) bond motifs is 10. The second-order valence-electron chi connectivity index (χ2n) is 21.5. The highest BCUT2D eigenvalue weighted by molar-refractivity contribution is 5.87. The van der Waals surface area contributed by atoms with Crippen molar-refractivity contribution < 1.29 is 34.1 Å². The molecule has 2 aromatic rings. The topological polar surface area (TPSA) is 199 Å². The third kappa shape index (κ3) is 5.33. The van der Waals surface area contributed by atoms with E-state index in [2.05, 4.69) is 38.2 Å². The van der Waals surface area contributed by atoms with Crippen molar-refractivity contribution in [3.63, 3.8) is 0 Å². The van der Waals surface area contributed by atoms with Crippen LogP contribution in [0, 0.1) is 62.6 Å². The van der Waals surface area contributed by atoms with Crippen LogP contribution in [0.5, 0.6) is 0 Å². The van der Waals surface area contributed by atoms with Gasteiger partial charge in [-0.2, -0.15) is 5.10 Å². The summed E-state index contributed by atoms with van der Waals surface area (Å²) in [6.07, 6.45) is 22.1. The van der Waals surface area contributed by atoms with Crippen LogP contribution in [0.4, 0.5) is 0 Å². The Kier molecular flexibility index (Phi) is 9.41. The first kappa shape index (κ1) is 40.4. The van der Waals surface area contributed by atoms with E-state index in [4.69, 9.17) is 20.0 Å². The molecule has 11 nitrogen and oxygen atoms in total. The first-order valence-electron chi connectivity index (χ1n) is 22.5. The smallest absolute Gasteiger partial charge is 0.206 e. The minimum Gasteiger partial charge on any atom is -0.472 e. The Hall–Kier alpha value is -2.99. The van der Waals surface area contributed by atoms with Crippen LogP contribution in [0.15, 0.2) is 51.1 Å². The van der Waals surface area contributed by atoms with Crippen LogP contribution in [0.25, 0.3) is 0 Å². The molecule has 0 saturated heterocycles. The lowest BCUT2D eigenvalue weighted by Crippen LogP contribution is -2.64. The average Bonchev–Trinajstić information content (AvgIpc) is 4.01. The molecule has 11 heteroatoms. The summed E-state index contributed by atoms with van der Waals surface area (Å²) in [6.45, 7) is 9.01. The number of aliphatic hydroxyl groups is 4. The van der Waals surface area contributed by atoms with Gasteiger partial charge in [0, 0.05) is 40.5 Å². The van der Waals surface area contributed by atoms with Crippen LogP contribution in [-0.2, 0) is 16.0 Å². The third-order valence-electron chi connectivity index (χ3n) is 20.0. The number of hydrogen-bond donors (Lipinski definition) is 7. The molecule has 8 aliphatic carbocycles. The molecule has 0 radical (unpaired) electrons. The number of hydrogen-bond acceptors (Lipinski definition) is 9. The Balaban J connectivity index is 0.000000152. The second kappa shape index (κ2) is 13.5. The number of furan rings is 2. The maximum atomic E-state index is 12.2. The molecule has 8 aliphatic rings. The zero-order valence-electron chi connectivity index (χ0n) is 35.2. The number of Topliss-reactive ketones (excluding diaryl/α,β-unsaturated/α-hetero) is 1. The second-order valence-corrected chi connectivity index (χ2v) is 21.5. The Labute approximate surface area is 343 Å². The van der Waals surface area contributed by atoms with Crippen molar-refractivity contribution in [3.8, 4) is 0 Å². The molecule has 8 N–H and O–H groups in total. The summed E-state index contributed by atoms with van der Waals surface area (Å²) in [4.78, 5) is 12.0. The Morgan fingerprint density at radius 3 is 1.62 bits per heavy atom. The number of guanidine groups is 1. The van der Waals surface area contributed by atoms with Gasteiger partial charge in [-0.05, 0) is 161 Å². The highest BCUT2D eigenvalue weighted by atomic mass is 16.3. The molecule has 10 rings (SSSR count). The van der Waals surface area contributed by atoms with Gasteiger partial charge in [-0.1, -0.05) is 27.7 Å². The number of rotatable bonds is 3. The van der Waals surface area contributed by atoms with E-state index in [1.54, 1.807) is 25.1 Å². The van der Waals surface area contributed by atoms with Gasteiger partial charge in [0.25, 0.3) is 0 Å². The maximum absolute atomic E-state index is 12.2. The molecule has 0 unspecified atom stereocenters. The minimum absolute atomic E-state index is 0.121. The van der Waals surface area contributed by atoms with Crippen molar-refractivity contribution in [2.24, 2.45) is 68.0 Å². The summed E-state index contributed by atoms with van der Waals surface area (Å²) in [5, 5.41) is 59.6. The highest BCUT2D eigenvalue weighted by Crippen LogP contribution is 2.73. The molecular formula is C47H68N4O7. The monoisotopic (exact) mass is 801 g/mol. The number of nitrogens with two attached hydrogens (primary N) is 1. The summed E-state index contributed by atoms with van der Waals surface area (Å²) >= 11 is 0. The lowest BCUT2D eigenvalue weighted by atomic mass is 9.43. The number of hydrazone groups is 1. The first-order valence-corrected chi connectivity index (χ1v) is 22.5. The molecule has 0 aliphatic heterocycles. The standard InChI is InChI=1S/C24H36N4O3.C23H32O4/c1-21-8-5-17(27-28-20(25)26)13-15(21)3-4-19-18(21)6-9-22(2)23(29,10-11-24(19,22)30)16-7-12-31-14-16;1-20-8-5-17(24)13-15(20)3-4-19-18(20)6-9-21(2)22(25,10-11-23(19,21)26)16-7-12-27-14-16/h7,12,14-15,18-19,29-30H,3-6,8-11,13H2,1-2H3,(H4,25,26,28);7,12,14-15,18-19,25-26H,3-6,8-11,13H2,1-2H3/b27-17+;/t15-,18+,19-,21+,22-,23+,24+;15-,18+,19-,20+,21-,22+,23+/m11/s1. The van der Waals surface area contributed by atoms with Gasteiger partial charge in [0.15, 0.2) is 0 Å². The summed E-state index contributed by atoms with van der Waals surface area (Å²) in [5.41, 5.74) is 6.16. The molecule has 318 valence electrons. The fourth-order valence-corrected chi connectivity index (χ4v) is 16.2. The van der Waals surface area contributed by atoms with Crippen LogP contribution in [0.2, 0.25) is 0 Å². The van der Waals surface area contributed by atoms with Crippen molar-refractivity contribution in [3.05, 3.63) is 48.3 Å². The van der Waals surface area contributed by atoms with Crippen molar-refractivity contribution in [1.29, 1.82) is 5.41 Å². The molecule has 0 bridgehead atoms. The fraction of sp³-hybridized carbons (Fsp3) is 0.766. The molecular weight excluding hydrogens is 733 g/mol. The minimum atomic E-state index is -1.04. The van der Waals surface area contributed by atoms with Gasteiger partial charge in [-0.15, -0.1) is 0 Å². The van der Waals surface area contributed by atoms with Gasteiger partial charge in [-0.25, -0.2) is 5.43 Å². The largest absolute Gasteiger partial charge is 0.472 e. The fourth-order valence-electron chi connectivity index (χ4n) is 16.2. The van der Waals surface area contributed by atoms with Gasteiger partial charge in [0.1, 0.15) is 17.0 Å². The molecule has 0 aromatic carbocycles. The van der Waals surface area contributed by atoms with E-state index in [0.29, 0.717) is 61.6 Å². The lowest BCUT2D eigenvalue weighted by Gasteiger charge is -2.64. The average molecular weight is 801 g/mol. The van der Waals surface area contributed by atoms with Crippen molar-refractivity contribution in [2.75, 3.05) is 0 Å². The zero-order chi connectivity index (χ0) is 41.1. The Morgan fingerprint density at radius 1 is 0.672 bits per heavy atom.